The van der Waals surface area contributed by atoms with Crippen LogP contribution in [-0.4, -0.2) is 46.0 Å². The van der Waals surface area contributed by atoms with Gasteiger partial charge in [0.15, 0.2) is 11.0 Å². The van der Waals surface area contributed by atoms with E-state index in [0.29, 0.717) is 27.3 Å². The second kappa shape index (κ2) is 9.38. The monoisotopic (exact) mass is 547 g/mol. The number of hydrogen-bond donors (Lipinski definition) is 1. The van der Waals surface area contributed by atoms with Crippen LogP contribution in [0.1, 0.15) is 5.56 Å². The van der Waals surface area contributed by atoms with Crippen molar-refractivity contribution in [3.63, 3.8) is 0 Å². The molecule has 0 radical (unpaired) electrons. The molecule has 3 aromatic heterocycles. The zero-order chi connectivity index (χ0) is 25.7. The van der Waals surface area contributed by atoms with Crippen LogP contribution < -0.4 is 5.73 Å². The van der Waals surface area contributed by atoms with Gasteiger partial charge in [-0.15, -0.1) is 10.2 Å². The van der Waals surface area contributed by atoms with E-state index in [1.54, 1.807) is 4.52 Å². The molecule has 0 amide bonds. The molecular weight excluding hydrogens is 529 g/mol. The number of aromatic nitrogens is 8. The van der Waals surface area contributed by atoms with Crippen LogP contribution in [0.25, 0.3) is 50.5 Å². The van der Waals surface area contributed by atoms with E-state index in [-0.39, 0.29) is 6.54 Å². The molecule has 0 saturated carbocycles. The molecule has 0 aliphatic heterocycles. The van der Waals surface area contributed by atoms with Crippen LogP contribution in [0.3, 0.4) is 0 Å². The first-order valence-electron chi connectivity index (χ1n) is 11.2. The van der Waals surface area contributed by atoms with Crippen LogP contribution in [0.4, 0.5) is 0 Å². The van der Waals surface area contributed by atoms with Crippen LogP contribution in [0.15, 0.2) is 59.8 Å². The molecule has 184 valence electrons. The molecule has 6 rings (SSSR count). The highest BCUT2D eigenvalue weighted by Gasteiger charge is 2.26. The lowest BCUT2D eigenvalue weighted by atomic mass is 9.89. The van der Waals surface area contributed by atoms with Crippen molar-refractivity contribution in [1.82, 2.24) is 39.8 Å². The van der Waals surface area contributed by atoms with Gasteiger partial charge in [-0.1, -0.05) is 64.3 Å². The first-order valence-corrected chi connectivity index (χ1v) is 13.2. The first kappa shape index (κ1) is 23.8. The summed E-state index contributed by atoms with van der Waals surface area (Å²) in [4.78, 5) is 4.85. The predicted octanol–water partition coefficient (Wildman–Crippen LogP) is 5.29. The Morgan fingerprint density at radius 2 is 1.76 bits per heavy atom. The summed E-state index contributed by atoms with van der Waals surface area (Å²) in [5, 5.41) is 24.1. The largest absolute Gasteiger partial charge is 0.326 e. The lowest BCUT2D eigenvalue weighted by molar-refractivity contribution is 0.795. The van der Waals surface area contributed by atoms with Gasteiger partial charge in [0.05, 0.1) is 11.2 Å². The lowest BCUT2D eigenvalue weighted by Crippen LogP contribution is -2.09. The van der Waals surface area contributed by atoms with Gasteiger partial charge in [0.2, 0.25) is 0 Å². The second-order valence-electron chi connectivity index (χ2n) is 8.31. The van der Waals surface area contributed by atoms with Crippen molar-refractivity contribution in [2.45, 2.75) is 11.7 Å². The van der Waals surface area contributed by atoms with E-state index in [1.807, 2.05) is 72.5 Å². The number of nitrogens with two attached hydrogens (primary N) is 1. The number of tetrazole rings is 1. The Morgan fingerprint density at radius 1 is 0.946 bits per heavy atom. The quantitative estimate of drug-likeness (QED) is 0.289. The number of halogens is 2. The van der Waals surface area contributed by atoms with Crippen molar-refractivity contribution in [3.05, 3.63) is 70.2 Å². The van der Waals surface area contributed by atoms with Crippen LogP contribution in [0, 0.1) is 0 Å². The third kappa shape index (κ3) is 3.93. The Morgan fingerprint density at radius 3 is 2.46 bits per heavy atom. The average Bonchev–Trinajstić information content (AvgIpc) is 3.53. The standard InChI is InChI=1S/C25H19Cl2N9S/c1-35-23(30-32-25(35)37-2)20-18(12-28)17(13-6-8-15(26)9-7-13)11-19-21(20)22(14-4-3-5-16(27)10-14)29-24-31-33-34-36(19)24/h3-11H,12,28H2,1-2H3. The average molecular weight is 548 g/mol. The zero-order valence-electron chi connectivity index (χ0n) is 19.7. The Bertz CT molecular complexity index is 1790. The number of thioether (sulfide) groups is 1. The second-order valence-corrected chi connectivity index (χ2v) is 9.96. The highest BCUT2D eigenvalue weighted by molar-refractivity contribution is 7.98. The molecule has 0 aliphatic rings. The Hall–Kier alpha value is -3.57. The van der Waals surface area contributed by atoms with Crippen molar-refractivity contribution in [1.29, 1.82) is 0 Å². The minimum Gasteiger partial charge on any atom is -0.326 e. The summed E-state index contributed by atoms with van der Waals surface area (Å²) in [6, 6.07) is 17.2. The minimum atomic E-state index is 0.243. The first-order chi connectivity index (χ1) is 18.0. The number of benzene rings is 3. The van der Waals surface area contributed by atoms with Gasteiger partial charge in [-0.3, -0.25) is 0 Å². The summed E-state index contributed by atoms with van der Waals surface area (Å²) in [6.45, 7) is 0.243. The maximum atomic E-state index is 6.46. The summed E-state index contributed by atoms with van der Waals surface area (Å²) in [6.07, 6.45) is 1.96. The molecule has 12 heteroatoms. The summed E-state index contributed by atoms with van der Waals surface area (Å²) in [5.41, 5.74) is 12.2. The van der Waals surface area contributed by atoms with Gasteiger partial charge in [0.1, 0.15) is 0 Å². The van der Waals surface area contributed by atoms with Crippen molar-refractivity contribution in [2.24, 2.45) is 12.8 Å². The molecular formula is C25H19Cl2N9S. The summed E-state index contributed by atoms with van der Waals surface area (Å²) in [7, 11) is 1.93. The number of hydrogen-bond acceptors (Lipinski definition) is 8. The Kier molecular flexibility index (Phi) is 6.04. The zero-order valence-corrected chi connectivity index (χ0v) is 22.1. The Labute approximate surface area is 225 Å². The topological polar surface area (TPSA) is 113 Å². The van der Waals surface area contributed by atoms with Crippen LogP contribution in [0.5, 0.6) is 0 Å². The molecule has 3 heterocycles. The predicted molar refractivity (Wildman–Crippen MR) is 147 cm³/mol. The SMILES string of the molecule is CSc1nnc(-c2c(CN)c(-c3ccc(Cl)cc3)cc3c2c(-c2cccc(Cl)c2)nc2nnnn23)n1C. The molecule has 0 bridgehead atoms. The van der Waals surface area contributed by atoms with Gasteiger partial charge in [0, 0.05) is 40.2 Å². The molecule has 0 saturated heterocycles. The maximum absolute atomic E-state index is 6.46. The normalized spacial score (nSPS) is 11.6. The Balaban J connectivity index is 1.85. The van der Waals surface area contributed by atoms with Gasteiger partial charge < -0.3 is 10.3 Å². The van der Waals surface area contributed by atoms with E-state index in [4.69, 9.17) is 33.9 Å². The van der Waals surface area contributed by atoms with E-state index < -0.39 is 0 Å². The number of rotatable bonds is 5. The van der Waals surface area contributed by atoms with E-state index in [2.05, 4.69) is 25.7 Å². The smallest absolute Gasteiger partial charge is 0.274 e. The number of fused-ring (bicyclic) bond motifs is 3. The van der Waals surface area contributed by atoms with Crippen molar-refractivity contribution < 1.29 is 0 Å². The molecule has 6 aromatic rings. The molecule has 3 aromatic carbocycles. The van der Waals surface area contributed by atoms with Gasteiger partial charge in [-0.2, -0.15) is 4.52 Å². The van der Waals surface area contributed by atoms with E-state index >= 15 is 0 Å². The van der Waals surface area contributed by atoms with Crippen LogP contribution in [0.2, 0.25) is 10.0 Å². The summed E-state index contributed by atoms with van der Waals surface area (Å²) in [5.74, 6) is 1.02. The minimum absolute atomic E-state index is 0.243. The fourth-order valence-corrected chi connectivity index (χ4v) is 5.38. The molecule has 0 aliphatic carbocycles. The lowest BCUT2D eigenvalue weighted by Gasteiger charge is -2.19. The van der Waals surface area contributed by atoms with E-state index in [1.165, 1.54) is 11.8 Å². The molecule has 2 N–H and O–H groups in total. The number of nitrogens with zero attached hydrogens (tertiary/aromatic N) is 8. The molecule has 0 atom stereocenters. The maximum Gasteiger partial charge on any atom is 0.274 e. The van der Waals surface area contributed by atoms with Gasteiger partial charge in [-0.05, 0) is 63.7 Å². The molecule has 37 heavy (non-hydrogen) atoms. The van der Waals surface area contributed by atoms with Crippen molar-refractivity contribution in [2.75, 3.05) is 6.26 Å². The van der Waals surface area contributed by atoms with Gasteiger partial charge in [0.25, 0.3) is 5.78 Å². The highest BCUT2D eigenvalue weighted by Crippen LogP contribution is 2.42. The summed E-state index contributed by atoms with van der Waals surface area (Å²) >= 11 is 14.1. The van der Waals surface area contributed by atoms with Crippen molar-refractivity contribution in [3.8, 4) is 33.8 Å². The summed E-state index contributed by atoms with van der Waals surface area (Å²) < 4.78 is 3.58. The highest BCUT2D eigenvalue weighted by atomic mass is 35.5. The third-order valence-electron chi connectivity index (χ3n) is 6.24. The fraction of sp³-hybridized carbons (Fsp3) is 0.120. The third-order valence-corrected chi connectivity index (χ3v) is 7.45. The van der Waals surface area contributed by atoms with Gasteiger partial charge >= 0.3 is 0 Å². The van der Waals surface area contributed by atoms with Gasteiger partial charge in [-0.25, -0.2) is 4.98 Å². The van der Waals surface area contributed by atoms with Crippen LogP contribution in [-0.2, 0) is 13.6 Å². The van der Waals surface area contributed by atoms with E-state index in [0.717, 1.165) is 43.9 Å². The molecule has 0 spiro atoms. The van der Waals surface area contributed by atoms with Crippen LogP contribution >= 0.6 is 35.0 Å². The molecule has 9 nitrogen and oxygen atoms in total. The van der Waals surface area contributed by atoms with Crippen molar-refractivity contribution >= 4 is 51.6 Å². The molecule has 0 fully saturated rings. The van der Waals surface area contributed by atoms with E-state index in [9.17, 15) is 0 Å². The fourth-order valence-electron chi connectivity index (χ4n) is 4.58. The molecule has 0 unspecified atom stereocenters.